The molecule has 0 amide bonds. The maximum absolute atomic E-state index is 9.52. The molecule has 0 rings (SSSR count). The van der Waals surface area contributed by atoms with E-state index in [2.05, 4.69) is 24.2 Å². The van der Waals surface area contributed by atoms with Crippen LogP contribution in [0.15, 0.2) is 12.8 Å². The molecule has 44 valence electrons. The van der Waals surface area contributed by atoms with Crippen molar-refractivity contribution >= 4 is 32.4 Å². The first-order valence-corrected chi connectivity index (χ1v) is 5.89. The van der Waals surface area contributed by atoms with Gasteiger partial charge in [-0.1, -0.05) is 6.58 Å². The summed E-state index contributed by atoms with van der Waals surface area (Å²) in [4.78, 5) is 0. The van der Waals surface area contributed by atoms with Crippen molar-refractivity contribution in [3.63, 3.8) is 0 Å². The average Bonchev–Trinajstić information content (AvgIpc) is 1.88. The van der Waals surface area contributed by atoms with Crippen molar-refractivity contribution in [1.82, 2.24) is 0 Å². The van der Waals surface area contributed by atoms with Gasteiger partial charge in [0.2, 0.25) is 0 Å². The maximum atomic E-state index is 9.52. The predicted octanol–water partition coefficient (Wildman–Crippen LogP) is -0.0284. The van der Waals surface area contributed by atoms with E-state index in [1.165, 1.54) is 6.26 Å². The van der Waals surface area contributed by atoms with Gasteiger partial charge in [-0.25, -0.2) is 0 Å². The second-order valence-electron chi connectivity index (χ2n) is 0.742. The Hall–Kier alpha value is 0.746. The molecule has 0 aromatic heterocycles. The van der Waals surface area contributed by atoms with Crippen molar-refractivity contribution in [2.24, 2.45) is 0 Å². The molecule has 2 nitrogen and oxygen atoms in total. The zero-order chi connectivity index (χ0) is 6.83. The van der Waals surface area contributed by atoms with Crippen molar-refractivity contribution in [2.75, 3.05) is 13.2 Å². The van der Waals surface area contributed by atoms with Gasteiger partial charge in [-0.15, -0.1) is 6.61 Å². The van der Waals surface area contributed by atoms with Crippen LogP contribution in [-0.4, -0.2) is 32.8 Å². The molecule has 0 fully saturated rings. The second-order valence-corrected chi connectivity index (χ2v) is 0.742. The van der Waals surface area contributed by atoms with E-state index in [1.54, 1.807) is 19.5 Å². The van der Waals surface area contributed by atoms with E-state index in [1.807, 2.05) is 0 Å². The molecule has 0 bridgehead atoms. The number of ether oxygens (including phenoxy) is 1. The molecule has 4 heteroatoms. The Morgan fingerprint density at radius 3 is 2.38 bits per heavy atom. The van der Waals surface area contributed by atoms with E-state index in [0.29, 0.717) is 0 Å². The third kappa shape index (κ3) is 15.9. The molecule has 0 aromatic carbocycles. The molecular weight excluding hydrogens is 184 g/mol. The molecule has 0 aliphatic carbocycles. The van der Waals surface area contributed by atoms with Crippen LogP contribution in [0.2, 0.25) is 0 Å². The first-order valence-electron chi connectivity index (χ1n) is 1.99. The standard InChI is InChI=1S/C4H7O2.BrH.Mg/c1-2-6-4-3-5;;/h2H,1,3-4H2;1H;/q-1;;+2/p-1. The Labute approximate surface area is 68.2 Å². The summed E-state index contributed by atoms with van der Waals surface area (Å²) in [6.45, 7) is 3.29. The molecule has 0 aromatic rings. The molecular formula is C4H7BrMgO2. The predicted molar refractivity (Wildman–Crippen MR) is 35.7 cm³/mol. The van der Waals surface area contributed by atoms with E-state index in [4.69, 9.17) is 0 Å². The van der Waals surface area contributed by atoms with Gasteiger partial charge in [0.05, 0.1) is 12.9 Å². The molecule has 0 radical (unpaired) electrons. The SMILES string of the molecule is C=COCC[O-].[Mg+][Br]. The summed E-state index contributed by atoms with van der Waals surface area (Å²) in [5, 5.41) is 9.52. The Morgan fingerprint density at radius 2 is 2.25 bits per heavy atom. The van der Waals surface area contributed by atoms with Crippen LogP contribution in [-0.2, 0) is 4.74 Å². The fourth-order valence-electron chi connectivity index (χ4n) is 0.131. The van der Waals surface area contributed by atoms with Crippen LogP contribution in [0.5, 0.6) is 0 Å². The Kier molecular flexibility index (Phi) is 22.6. The number of hydrogen-bond acceptors (Lipinski definition) is 2. The summed E-state index contributed by atoms with van der Waals surface area (Å²) in [7, 11) is 0. The topological polar surface area (TPSA) is 32.3 Å². The van der Waals surface area contributed by atoms with Crippen molar-refractivity contribution < 1.29 is 9.84 Å². The summed E-state index contributed by atoms with van der Waals surface area (Å²) >= 11 is 4.64. The summed E-state index contributed by atoms with van der Waals surface area (Å²) < 4.78 is 4.43. The minimum absolute atomic E-state index is 0.188. The molecule has 0 atom stereocenters. The quantitative estimate of drug-likeness (QED) is 0.356. The summed E-state index contributed by atoms with van der Waals surface area (Å²) in [6, 6.07) is 0. The van der Waals surface area contributed by atoms with Crippen LogP contribution in [0.25, 0.3) is 0 Å². The number of hydrogen-bond donors (Lipinski definition) is 0. The first kappa shape index (κ1) is 11.5. The average molecular weight is 191 g/mol. The van der Waals surface area contributed by atoms with Gasteiger partial charge in [-0.05, 0) is 0 Å². The second kappa shape index (κ2) is 15.7. The molecule has 0 saturated carbocycles. The summed E-state index contributed by atoms with van der Waals surface area (Å²) in [5.41, 5.74) is 0. The van der Waals surface area contributed by atoms with Crippen LogP contribution < -0.4 is 5.11 Å². The van der Waals surface area contributed by atoms with Crippen molar-refractivity contribution in [3.8, 4) is 0 Å². The van der Waals surface area contributed by atoms with Crippen molar-refractivity contribution in [3.05, 3.63) is 12.8 Å². The van der Waals surface area contributed by atoms with E-state index >= 15 is 0 Å². The fraction of sp³-hybridized carbons (Fsp3) is 0.500. The fourth-order valence-corrected chi connectivity index (χ4v) is 0.131. The van der Waals surface area contributed by atoms with Crippen LogP contribution in [0.4, 0.5) is 0 Å². The Morgan fingerprint density at radius 1 is 1.75 bits per heavy atom. The zero-order valence-electron chi connectivity index (χ0n) is 4.60. The van der Waals surface area contributed by atoms with Crippen molar-refractivity contribution in [1.29, 1.82) is 0 Å². The van der Waals surface area contributed by atoms with Gasteiger partial charge in [-0.3, -0.25) is 0 Å². The van der Waals surface area contributed by atoms with Gasteiger partial charge in [0.15, 0.2) is 0 Å². The normalized spacial score (nSPS) is 6.50. The van der Waals surface area contributed by atoms with Crippen LogP contribution in [0, 0.1) is 0 Å². The van der Waals surface area contributed by atoms with Gasteiger partial charge in [-0.2, -0.15) is 0 Å². The minimum atomic E-state index is -0.188. The van der Waals surface area contributed by atoms with Crippen LogP contribution >= 0.6 is 12.9 Å². The molecule has 8 heavy (non-hydrogen) atoms. The molecule has 0 aliphatic heterocycles. The summed E-state index contributed by atoms with van der Waals surface area (Å²) in [5.74, 6) is 0. The van der Waals surface area contributed by atoms with Crippen molar-refractivity contribution in [2.45, 2.75) is 0 Å². The first-order chi connectivity index (χ1) is 3.91. The Bertz CT molecular complexity index is 43.0. The monoisotopic (exact) mass is 190 g/mol. The third-order valence-corrected chi connectivity index (χ3v) is 0.319. The van der Waals surface area contributed by atoms with Gasteiger partial charge in [0, 0.05) is 0 Å². The van der Waals surface area contributed by atoms with Gasteiger partial charge >= 0.3 is 32.4 Å². The third-order valence-electron chi connectivity index (χ3n) is 0.319. The molecule has 0 saturated heterocycles. The summed E-state index contributed by atoms with van der Waals surface area (Å²) in [6.07, 6.45) is 1.26. The van der Waals surface area contributed by atoms with Crippen LogP contribution in [0.3, 0.4) is 0 Å². The number of rotatable bonds is 3. The van der Waals surface area contributed by atoms with E-state index in [0.717, 1.165) is 0 Å². The van der Waals surface area contributed by atoms with Gasteiger partial charge < -0.3 is 9.84 Å². The van der Waals surface area contributed by atoms with E-state index < -0.39 is 0 Å². The Balaban J connectivity index is 0. The van der Waals surface area contributed by atoms with Gasteiger partial charge in [0.25, 0.3) is 0 Å². The van der Waals surface area contributed by atoms with Crippen LogP contribution in [0.1, 0.15) is 0 Å². The zero-order valence-corrected chi connectivity index (χ0v) is 7.60. The molecule has 0 N–H and O–H groups in total. The molecule has 0 spiro atoms. The van der Waals surface area contributed by atoms with E-state index in [-0.39, 0.29) is 13.2 Å². The van der Waals surface area contributed by atoms with Gasteiger partial charge in [0.1, 0.15) is 0 Å². The molecule has 0 aliphatic rings. The van der Waals surface area contributed by atoms with E-state index in [9.17, 15) is 5.11 Å². The molecule has 0 unspecified atom stereocenters. The number of halogens is 1. The molecule has 0 heterocycles.